The first-order valence-electron chi connectivity index (χ1n) is 8.07. The van der Waals surface area contributed by atoms with E-state index in [1.165, 1.54) is 6.33 Å². The first kappa shape index (κ1) is 18.1. The van der Waals surface area contributed by atoms with E-state index < -0.39 is 0 Å². The fourth-order valence-electron chi connectivity index (χ4n) is 2.95. The Labute approximate surface area is 170 Å². The zero-order chi connectivity index (χ0) is 19.0. The van der Waals surface area contributed by atoms with Crippen molar-refractivity contribution >= 4 is 46.7 Å². The largest absolute Gasteiger partial charge is 0.489 e. The van der Waals surface area contributed by atoms with E-state index in [-0.39, 0.29) is 25.0 Å². The van der Waals surface area contributed by atoms with Gasteiger partial charge in [-0.2, -0.15) is 10.1 Å². The molecule has 0 radical (unpaired) electrons. The Bertz CT molecular complexity index is 1020. The van der Waals surface area contributed by atoms with E-state index in [4.69, 9.17) is 39.5 Å². The zero-order valence-electron chi connectivity index (χ0n) is 13.8. The van der Waals surface area contributed by atoms with Gasteiger partial charge in [0, 0.05) is 10.6 Å². The van der Waals surface area contributed by atoms with Crippen molar-refractivity contribution in [2.24, 2.45) is 0 Å². The number of amides is 1. The average molecular weight is 424 g/mol. The Morgan fingerprint density at radius 2 is 2.00 bits per heavy atom. The Balaban J connectivity index is 1.65. The standard InChI is InChI=1S/C18H13Cl3N4O2/c19-11-2-4-16(27-8-10-1-3-13(20)14(21)5-10)12(6-11)15-7-17(26)24-18-22-9-23-25(15)18/h1-6,9,15H,7-8H2,(H,22,23,24,26)/t15-/m1/s1. The molecule has 0 aliphatic carbocycles. The van der Waals surface area contributed by atoms with Crippen LogP contribution in [-0.4, -0.2) is 20.7 Å². The van der Waals surface area contributed by atoms with Gasteiger partial charge in [0.2, 0.25) is 11.9 Å². The Morgan fingerprint density at radius 3 is 2.81 bits per heavy atom. The number of aromatic nitrogens is 3. The number of anilines is 1. The minimum absolute atomic E-state index is 0.143. The third-order valence-corrected chi connectivity index (χ3v) is 5.18. The summed E-state index contributed by atoms with van der Waals surface area (Å²) in [4.78, 5) is 16.1. The van der Waals surface area contributed by atoms with Crippen LogP contribution in [0, 0.1) is 0 Å². The van der Waals surface area contributed by atoms with Crippen LogP contribution in [0.15, 0.2) is 42.7 Å². The molecule has 4 rings (SSSR count). The Hall–Kier alpha value is -2.28. The molecular weight excluding hydrogens is 411 g/mol. The lowest BCUT2D eigenvalue weighted by Gasteiger charge is -2.25. The highest BCUT2D eigenvalue weighted by Gasteiger charge is 2.30. The van der Waals surface area contributed by atoms with Gasteiger partial charge in [0.05, 0.1) is 22.5 Å². The van der Waals surface area contributed by atoms with Crippen molar-refractivity contribution in [1.29, 1.82) is 0 Å². The summed E-state index contributed by atoms with van der Waals surface area (Å²) in [6.45, 7) is 0.286. The quantitative estimate of drug-likeness (QED) is 0.657. The second-order valence-corrected chi connectivity index (χ2v) is 7.27. The van der Waals surface area contributed by atoms with Crippen molar-refractivity contribution in [3.63, 3.8) is 0 Å². The van der Waals surface area contributed by atoms with Crippen LogP contribution in [0.3, 0.4) is 0 Å². The minimum atomic E-state index is -0.362. The fraction of sp³-hybridized carbons (Fsp3) is 0.167. The van der Waals surface area contributed by atoms with Crippen molar-refractivity contribution in [2.75, 3.05) is 5.32 Å². The highest BCUT2D eigenvalue weighted by Crippen LogP contribution is 2.36. The molecule has 0 fully saturated rings. The van der Waals surface area contributed by atoms with E-state index in [1.807, 2.05) is 6.07 Å². The van der Waals surface area contributed by atoms with Gasteiger partial charge in [-0.15, -0.1) is 0 Å². The molecule has 1 atom stereocenters. The lowest BCUT2D eigenvalue weighted by atomic mass is 10.0. The molecule has 0 saturated carbocycles. The first-order chi connectivity index (χ1) is 13.0. The van der Waals surface area contributed by atoms with Gasteiger partial charge < -0.3 is 4.74 Å². The second-order valence-electron chi connectivity index (χ2n) is 6.02. The van der Waals surface area contributed by atoms with Crippen molar-refractivity contribution < 1.29 is 9.53 Å². The molecule has 2 heterocycles. The van der Waals surface area contributed by atoms with Gasteiger partial charge in [0.1, 0.15) is 18.7 Å². The highest BCUT2D eigenvalue weighted by molar-refractivity contribution is 6.42. The van der Waals surface area contributed by atoms with Crippen LogP contribution in [0.1, 0.15) is 23.6 Å². The summed E-state index contributed by atoms with van der Waals surface area (Å²) in [6, 6.07) is 10.2. The summed E-state index contributed by atoms with van der Waals surface area (Å²) in [5.74, 6) is 0.856. The molecular formula is C18H13Cl3N4O2. The van der Waals surface area contributed by atoms with Crippen molar-refractivity contribution in [2.45, 2.75) is 19.1 Å². The van der Waals surface area contributed by atoms with E-state index in [0.717, 1.165) is 11.1 Å². The maximum Gasteiger partial charge on any atom is 0.229 e. The van der Waals surface area contributed by atoms with E-state index in [2.05, 4.69) is 15.4 Å². The zero-order valence-corrected chi connectivity index (χ0v) is 16.1. The molecule has 138 valence electrons. The first-order valence-corrected chi connectivity index (χ1v) is 9.20. The predicted molar refractivity (Wildman–Crippen MR) is 104 cm³/mol. The van der Waals surface area contributed by atoms with Crippen LogP contribution in [0.2, 0.25) is 15.1 Å². The number of carbonyl (C=O) groups excluding carboxylic acids is 1. The molecule has 1 aromatic heterocycles. The van der Waals surface area contributed by atoms with Crippen molar-refractivity contribution in [1.82, 2.24) is 14.8 Å². The monoisotopic (exact) mass is 422 g/mol. The molecule has 1 N–H and O–H groups in total. The second kappa shape index (κ2) is 7.38. The Kier molecular flexibility index (Phi) is 4.95. The SMILES string of the molecule is O=C1C[C@H](c2cc(Cl)ccc2OCc2ccc(Cl)c(Cl)c2)n2ncnc2N1. The predicted octanol–water partition coefficient (Wildman–Crippen LogP) is 4.75. The molecule has 6 nitrogen and oxygen atoms in total. The molecule has 0 unspecified atom stereocenters. The van der Waals surface area contributed by atoms with Gasteiger partial charge in [-0.1, -0.05) is 40.9 Å². The van der Waals surface area contributed by atoms with Gasteiger partial charge in [-0.3, -0.25) is 10.1 Å². The molecule has 27 heavy (non-hydrogen) atoms. The Morgan fingerprint density at radius 1 is 1.15 bits per heavy atom. The number of benzene rings is 2. The number of fused-ring (bicyclic) bond motifs is 1. The summed E-state index contributed by atoms with van der Waals surface area (Å²) in [5, 5.41) is 8.40. The lowest BCUT2D eigenvalue weighted by Crippen LogP contribution is -2.29. The van der Waals surface area contributed by atoms with Crippen LogP contribution in [-0.2, 0) is 11.4 Å². The van der Waals surface area contributed by atoms with E-state index >= 15 is 0 Å². The summed E-state index contributed by atoms with van der Waals surface area (Å²) >= 11 is 18.2. The highest BCUT2D eigenvalue weighted by atomic mass is 35.5. The molecule has 1 aliphatic heterocycles. The topological polar surface area (TPSA) is 69.0 Å². The number of ether oxygens (including phenoxy) is 1. The average Bonchev–Trinajstić information content (AvgIpc) is 3.11. The summed E-state index contributed by atoms with van der Waals surface area (Å²) in [7, 11) is 0. The van der Waals surface area contributed by atoms with Crippen molar-refractivity contribution in [3.05, 3.63) is 68.9 Å². The van der Waals surface area contributed by atoms with Crippen LogP contribution < -0.4 is 10.1 Å². The molecule has 1 aliphatic rings. The third kappa shape index (κ3) is 3.74. The van der Waals surface area contributed by atoms with E-state index in [0.29, 0.717) is 26.8 Å². The summed E-state index contributed by atoms with van der Waals surface area (Å²) < 4.78 is 7.65. The maximum atomic E-state index is 12.1. The maximum absolute atomic E-state index is 12.1. The molecule has 3 aromatic rings. The summed E-state index contributed by atoms with van der Waals surface area (Å²) in [5.41, 5.74) is 1.62. The van der Waals surface area contributed by atoms with E-state index in [1.54, 1.807) is 35.0 Å². The minimum Gasteiger partial charge on any atom is -0.489 e. The number of hydrogen-bond acceptors (Lipinski definition) is 4. The van der Waals surface area contributed by atoms with Crippen molar-refractivity contribution in [3.8, 4) is 5.75 Å². The molecule has 0 saturated heterocycles. The molecule has 9 heteroatoms. The number of halogens is 3. The smallest absolute Gasteiger partial charge is 0.229 e. The number of nitrogens with one attached hydrogen (secondary N) is 1. The number of rotatable bonds is 4. The number of hydrogen-bond donors (Lipinski definition) is 1. The van der Waals surface area contributed by atoms with Crippen LogP contribution >= 0.6 is 34.8 Å². The molecule has 2 aromatic carbocycles. The fourth-order valence-corrected chi connectivity index (χ4v) is 3.45. The van der Waals surface area contributed by atoms with Gasteiger partial charge >= 0.3 is 0 Å². The number of nitrogens with zero attached hydrogens (tertiary/aromatic N) is 3. The lowest BCUT2D eigenvalue weighted by molar-refractivity contribution is -0.117. The van der Waals surface area contributed by atoms with Crippen LogP contribution in [0.4, 0.5) is 5.95 Å². The molecule has 1 amide bonds. The van der Waals surface area contributed by atoms with Gasteiger partial charge in [-0.05, 0) is 35.9 Å². The van der Waals surface area contributed by atoms with Gasteiger partial charge in [-0.25, -0.2) is 4.68 Å². The van der Waals surface area contributed by atoms with Crippen LogP contribution in [0.25, 0.3) is 0 Å². The van der Waals surface area contributed by atoms with E-state index in [9.17, 15) is 4.79 Å². The third-order valence-electron chi connectivity index (χ3n) is 4.21. The van der Waals surface area contributed by atoms with Gasteiger partial charge in [0.25, 0.3) is 0 Å². The van der Waals surface area contributed by atoms with Gasteiger partial charge in [0.15, 0.2) is 0 Å². The molecule has 0 spiro atoms. The summed E-state index contributed by atoms with van der Waals surface area (Å²) in [6.07, 6.45) is 1.61. The van der Waals surface area contributed by atoms with Crippen LogP contribution in [0.5, 0.6) is 5.75 Å². The molecule has 0 bridgehead atoms. The normalized spacial score (nSPS) is 16.0. The number of carbonyl (C=O) groups is 1.